The molecule has 2 amide bonds. The molecule has 0 aliphatic carbocycles. The minimum Gasteiger partial charge on any atom is -0.319 e. The van der Waals surface area contributed by atoms with Crippen LogP contribution in [0.2, 0.25) is 15.1 Å². The van der Waals surface area contributed by atoms with Gasteiger partial charge in [-0.25, -0.2) is 13.4 Å². The van der Waals surface area contributed by atoms with Gasteiger partial charge in [-0.3, -0.25) is 9.59 Å². The van der Waals surface area contributed by atoms with Gasteiger partial charge in [0.2, 0.25) is 5.91 Å². The van der Waals surface area contributed by atoms with Crippen LogP contribution in [0.25, 0.3) is 0 Å². The summed E-state index contributed by atoms with van der Waals surface area (Å²) in [5, 5.41) is 8.50. The van der Waals surface area contributed by atoms with Crippen LogP contribution in [0, 0.1) is 0 Å². The highest BCUT2D eigenvalue weighted by Gasteiger charge is 2.37. The van der Waals surface area contributed by atoms with E-state index in [4.69, 9.17) is 34.8 Å². The second kappa shape index (κ2) is 7.34. The number of halogens is 3. The zero-order valence-corrected chi connectivity index (χ0v) is 16.4. The van der Waals surface area contributed by atoms with Gasteiger partial charge in [-0.05, 0) is 18.6 Å². The highest BCUT2D eigenvalue weighted by molar-refractivity contribution is 7.91. The average molecular weight is 439 g/mol. The molecule has 1 saturated heterocycles. The highest BCUT2D eigenvalue weighted by Crippen LogP contribution is 2.32. The summed E-state index contributed by atoms with van der Waals surface area (Å²) in [6.45, 7) is 0. The minimum atomic E-state index is -3.18. The third-order valence-corrected chi connectivity index (χ3v) is 6.92. The predicted octanol–water partition coefficient (Wildman–Crippen LogP) is 2.75. The van der Waals surface area contributed by atoms with Crippen molar-refractivity contribution in [3.05, 3.63) is 27.2 Å². The summed E-state index contributed by atoms with van der Waals surface area (Å²) < 4.78 is 23.3. The van der Waals surface area contributed by atoms with Gasteiger partial charge >= 0.3 is 0 Å². The predicted molar refractivity (Wildman–Crippen MR) is 101 cm³/mol. The SMILES string of the molecule is O=C(Nc1cc(Cl)c(Cl)cc1Cl)C1=NN(C2CCS(=O)(=O)C2)C(=O)CC1. The van der Waals surface area contributed by atoms with E-state index < -0.39 is 21.8 Å². The third kappa shape index (κ3) is 4.14. The molecule has 26 heavy (non-hydrogen) atoms. The Morgan fingerprint density at radius 2 is 1.85 bits per heavy atom. The number of nitrogens with zero attached hydrogens (tertiary/aromatic N) is 2. The van der Waals surface area contributed by atoms with Gasteiger partial charge in [-0.2, -0.15) is 5.10 Å². The molecule has 11 heteroatoms. The normalized spacial score (nSPS) is 22.3. The van der Waals surface area contributed by atoms with E-state index in [2.05, 4.69) is 10.4 Å². The van der Waals surface area contributed by atoms with E-state index in [-0.39, 0.29) is 56.7 Å². The fraction of sp³-hybridized carbons (Fsp3) is 0.400. The quantitative estimate of drug-likeness (QED) is 0.734. The molecule has 140 valence electrons. The Morgan fingerprint density at radius 3 is 2.50 bits per heavy atom. The Kier molecular flexibility index (Phi) is 5.48. The van der Waals surface area contributed by atoms with Crippen molar-refractivity contribution in [3.8, 4) is 0 Å². The first-order valence-corrected chi connectivity index (χ1v) is 10.7. The molecule has 1 N–H and O–H groups in total. The molecule has 2 aliphatic rings. The van der Waals surface area contributed by atoms with Gasteiger partial charge in [0, 0.05) is 12.8 Å². The Balaban J connectivity index is 1.80. The number of nitrogens with one attached hydrogen (secondary N) is 1. The molecule has 1 aromatic rings. The summed E-state index contributed by atoms with van der Waals surface area (Å²) in [6.07, 6.45) is 0.544. The van der Waals surface area contributed by atoms with Crippen molar-refractivity contribution in [1.82, 2.24) is 5.01 Å². The van der Waals surface area contributed by atoms with Crippen molar-refractivity contribution in [2.75, 3.05) is 16.8 Å². The Hall–Kier alpha value is -1.35. The van der Waals surface area contributed by atoms with E-state index in [1.807, 2.05) is 0 Å². The zero-order chi connectivity index (χ0) is 19.1. The van der Waals surface area contributed by atoms with Crippen LogP contribution < -0.4 is 5.32 Å². The molecule has 1 unspecified atom stereocenters. The van der Waals surface area contributed by atoms with Gasteiger partial charge in [-0.15, -0.1) is 0 Å². The van der Waals surface area contributed by atoms with E-state index in [9.17, 15) is 18.0 Å². The van der Waals surface area contributed by atoms with E-state index in [0.717, 1.165) is 5.01 Å². The lowest BCUT2D eigenvalue weighted by atomic mass is 10.1. The van der Waals surface area contributed by atoms with Crippen LogP contribution in [0.3, 0.4) is 0 Å². The van der Waals surface area contributed by atoms with Crippen LogP contribution in [0.5, 0.6) is 0 Å². The number of carbonyl (C=O) groups excluding carboxylic acids is 2. The Labute approximate surface area is 165 Å². The minimum absolute atomic E-state index is 0.0113. The molecule has 0 aromatic heterocycles. The molecule has 0 spiro atoms. The van der Waals surface area contributed by atoms with Gasteiger partial charge in [0.05, 0.1) is 38.3 Å². The lowest BCUT2D eigenvalue weighted by Gasteiger charge is -2.27. The van der Waals surface area contributed by atoms with Crippen LogP contribution in [0.4, 0.5) is 5.69 Å². The first-order valence-electron chi connectivity index (χ1n) is 7.72. The number of hydrazone groups is 1. The fourth-order valence-electron chi connectivity index (χ4n) is 2.80. The molecule has 1 atom stereocenters. The number of amides is 2. The summed E-state index contributed by atoms with van der Waals surface area (Å²) in [5.74, 6) is -0.965. The van der Waals surface area contributed by atoms with E-state index in [1.54, 1.807) is 0 Å². The second-order valence-corrected chi connectivity index (χ2v) is 9.49. The molecule has 2 heterocycles. The standard InChI is InChI=1S/C15H14Cl3N3O4S/c16-9-5-11(18)13(6-10(9)17)19-15(23)12-1-2-14(22)21(20-12)8-3-4-26(24,25)7-8/h5-6,8H,1-4,7H2,(H,19,23). The first-order chi connectivity index (χ1) is 12.2. The second-order valence-electron chi connectivity index (χ2n) is 6.04. The lowest BCUT2D eigenvalue weighted by molar-refractivity contribution is -0.133. The number of hydrogen-bond donors (Lipinski definition) is 1. The lowest BCUT2D eigenvalue weighted by Crippen LogP contribution is -2.42. The number of sulfone groups is 1. The van der Waals surface area contributed by atoms with Gasteiger partial charge in [0.1, 0.15) is 5.71 Å². The van der Waals surface area contributed by atoms with Crippen LogP contribution in [0.15, 0.2) is 17.2 Å². The molecule has 2 aliphatic heterocycles. The zero-order valence-electron chi connectivity index (χ0n) is 13.3. The summed E-state index contributed by atoms with van der Waals surface area (Å²) in [6, 6.07) is 2.28. The van der Waals surface area contributed by atoms with E-state index >= 15 is 0 Å². The van der Waals surface area contributed by atoms with Crippen molar-refractivity contribution in [2.45, 2.75) is 25.3 Å². The van der Waals surface area contributed by atoms with Crippen LogP contribution >= 0.6 is 34.8 Å². The van der Waals surface area contributed by atoms with Crippen molar-refractivity contribution < 1.29 is 18.0 Å². The smallest absolute Gasteiger partial charge is 0.271 e. The molecule has 0 radical (unpaired) electrons. The Morgan fingerprint density at radius 1 is 1.15 bits per heavy atom. The summed E-state index contributed by atoms with van der Waals surface area (Å²) in [7, 11) is -3.18. The molecular formula is C15H14Cl3N3O4S. The Bertz CT molecular complexity index is 917. The topological polar surface area (TPSA) is 95.9 Å². The molecule has 7 nitrogen and oxygen atoms in total. The number of anilines is 1. The van der Waals surface area contributed by atoms with Gasteiger partial charge in [-0.1, -0.05) is 34.8 Å². The van der Waals surface area contributed by atoms with E-state index in [1.165, 1.54) is 12.1 Å². The van der Waals surface area contributed by atoms with Crippen LogP contribution in [-0.4, -0.2) is 48.5 Å². The van der Waals surface area contributed by atoms with Crippen molar-refractivity contribution in [3.63, 3.8) is 0 Å². The van der Waals surface area contributed by atoms with Gasteiger partial charge < -0.3 is 5.32 Å². The average Bonchev–Trinajstić information content (AvgIpc) is 2.92. The molecule has 1 fully saturated rings. The van der Waals surface area contributed by atoms with Gasteiger partial charge in [0.25, 0.3) is 5.91 Å². The maximum absolute atomic E-state index is 12.5. The van der Waals surface area contributed by atoms with Crippen molar-refractivity contribution in [2.24, 2.45) is 5.10 Å². The van der Waals surface area contributed by atoms with Crippen LogP contribution in [0.1, 0.15) is 19.3 Å². The number of hydrogen-bond acceptors (Lipinski definition) is 5. The van der Waals surface area contributed by atoms with Crippen LogP contribution in [-0.2, 0) is 19.4 Å². The molecule has 3 rings (SSSR count). The molecular weight excluding hydrogens is 425 g/mol. The number of rotatable bonds is 3. The fourth-order valence-corrected chi connectivity index (χ4v) is 5.09. The largest absolute Gasteiger partial charge is 0.319 e. The maximum Gasteiger partial charge on any atom is 0.271 e. The number of carbonyl (C=O) groups is 2. The summed E-state index contributed by atoms with van der Waals surface area (Å²) >= 11 is 17.8. The first kappa shape index (κ1) is 19.4. The molecule has 0 bridgehead atoms. The monoisotopic (exact) mass is 437 g/mol. The van der Waals surface area contributed by atoms with E-state index in [0.29, 0.717) is 6.42 Å². The van der Waals surface area contributed by atoms with Crippen molar-refractivity contribution in [1.29, 1.82) is 0 Å². The van der Waals surface area contributed by atoms with Crippen molar-refractivity contribution >= 4 is 67.9 Å². The molecule has 0 saturated carbocycles. The maximum atomic E-state index is 12.5. The molecule has 1 aromatic carbocycles. The third-order valence-electron chi connectivity index (χ3n) is 4.13. The van der Waals surface area contributed by atoms with Gasteiger partial charge in [0.15, 0.2) is 9.84 Å². The summed E-state index contributed by atoms with van der Waals surface area (Å²) in [4.78, 5) is 24.6. The summed E-state index contributed by atoms with van der Waals surface area (Å²) in [5.41, 5.74) is 0.386. The highest BCUT2D eigenvalue weighted by atomic mass is 35.5. The number of benzene rings is 1.